The van der Waals surface area contributed by atoms with Gasteiger partial charge in [-0.2, -0.15) is 0 Å². The first-order valence-electron chi connectivity index (χ1n) is 6.96. The molecule has 1 aromatic carbocycles. The van der Waals surface area contributed by atoms with Gasteiger partial charge >= 0.3 is 0 Å². The van der Waals surface area contributed by atoms with Crippen LogP contribution in [0.3, 0.4) is 0 Å². The number of piperidine rings is 1. The fourth-order valence-corrected chi connectivity index (χ4v) is 4.06. The fraction of sp³-hybridized carbons (Fsp3) is 0.500. The number of carbonyl (C=O) groups excluding carboxylic acids is 1. The monoisotopic (exact) mass is 422 g/mol. The van der Waals surface area contributed by atoms with Crippen LogP contribution in [0.4, 0.5) is 5.69 Å². The normalized spacial score (nSPS) is 17.6. The topological polar surface area (TPSA) is 66.5 Å². The number of rotatable bonds is 4. The number of nitrogens with zero attached hydrogens (tertiary/aromatic N) is 1. The van der Waals surface area contributed by atoms with Gasteiger partial charge in [-0.3, -0.25) is 4.79 Å². The van der Waals surface area contributed by atoms with Gasteiger partial charge in [-0.15, -0.1) is 0 Å². The van der Waals surface area contributed by atoms with Crippen molar-refractivity contribution in [2.24, 2.45) is 5.92 Å². The van der Waals surface area contributed by atoms with Crippen LogP contribution in [0, 0.1) is 9.49 Å². The second kappa shape index (κ2) is 7.06. The summed E-state index contributed by atoms with van der Waals surface area (Å²) in [7, 11) is -3.13. The minimum Gasteiger partial charge on any atom is -0.326 e. The molecule has 21 heavy (non-hydrogen) atoms. The molecule has 1 heterocycles. The SMILES string of the molecule is CCS(=O)(=O)N1CCC(C(=O)Nc2cccc(I)c2)CC1. The molecular weight excluding hydrogens is 403 g/mol. The predicted octanol–water partition coefficient (Wildman–Crippen LogP) is 2.29. The molecule has 1 fully saturated rings. The van der Waals surface area contributed by atoms with Crippen LogP contribution in [-0.2, 0) is 14.8 Å². The van der Waals surface area contributed by atoms with Gasteiger partial charge in [0.2, 0.25) is 15.9 Å². The molecule has 0 aliphatic carbocycles. The summed E-state index contributed by atoms with van der Waals surface area (Å²) in [5.41, 5.74) is 0.788. The first kappa shape index (κ1) is 16.7. The molecule has 1 aliphatic rings. The summed E-state index contributed by atoms with van der Waals surface area (Å²) in [6.07, 6.45) is 1.16. The summed E-state index contributed by atoms with van der Waals surface area (Å²) in [4.78, 5) is 12.2. The summed E-state index contributed by atoms with van der Waals surface area (Å²) < 4.78 is 26.1. The van der Waals surface area contributed by atoms with Crippen molar-refractivity contribution in [2.75, 3.05) is 24.2 Å². The molecule has 1 amide bonds. The van der Waals surface area contributed by atoms with E-state index in [1.54, 1.807) is 6.92 Å². The molecule has 7 heteroatoms. The molecule has 1 N–H and O–H groups in total. The molecule has 0 unspecified atom stereocenters. The van der Waals surface area contributed by atoms with Crippen molar-refractivity contribution in [1.29, 1.82) is 0 Å². The molecule has 1 aromatic rings. The summed E-state index contributed by atoms with van der Waals surface area (Å²) >= 11 is 2.20. The average Bonchev–Trinajstić information content (AvgIpc) is 2.47. The quantitative estimate of drug-likeness (QED) is 0.758. The van der Waals surface area contributed by atoms with Crippen LogP contribution in [-0.4, -0.2) is 37.5 Å². The van der Waals surface area contributed by atoms with Crippen molar-refractivity contribution >= 4 is 44.2 Å². The minimum atomic E-state index is -3.13. The number of amides is 1. The zero-order valence-corrected chi connectivity index (χ0v) is 14.9. The predicted molar refractivity (Wildman–Crippen MR) is 91.5 cm³/mol. The smallest absolute Gasteiger partial charge is 0.227 e. The molecule has 116 valence electrons. The van der Waals surface area contributed by atoms with Gasteiger partial charge in [0.15, 0.2) is 0 Å². The Balaban J connectivity index is 1.92. The van der Waals surface area contributed by atoms with Gasteiger partial charge in [0.25, 0.3) is 0 Å². The lowest BCUT2D eigenvalue weighted by molar-refractivity contribution is -0.120. The van der Waals surface area contributed by atoms with E-state index in [1.807, 2.05) is 24.3 Å². The average molecular weight is 422 g/mol. The Kier molecular flexibility index (Phi) is 5.61. The highest BCUT2D eigenvalue weighted by atomic mass is 127. The minimum absolute atomic E-state index is 0.0226. The first-order valence-corrected chi connectivity index (χ1v) is 9.65. The number of benzene rings is 1. The van der Waals surface area contributed by atoms with Crippen molar-refractivity contribution in [3.63, 3.8) is 0 Å². The van der Waals surface area contributed by atoms with Crippen LogP contribution in [0.1, 0.15) is 19.8 Å². The molecule has 0 bridgehead atoms. The van der Waals surface area contributed by atoms with Gasteiger partial charge in [-0.1, -0.05) is 6.07 Å². The summed E-state index contributed by atoms with van der Waals surface area (Å²) in [5, 5.41) is 2.91. The van der Waals surface area contributed by atoms with Gasteiger partial charge < -0.3 is 5.32 Å². The Morgan fingerprint density at radius 2 is 2.05 bits per heavy atom. The molecule has 0 spiro atoms. The summed E-state index contributed by atoms with van der Waals surface area (Å²) in [6.45, 7) is 2.51. The van der Waals surface area contributed by atoms with Crippen molar-refractivity contribution < 1.29 is 13.2 Å². The van der Waals surface area contributed by atoms with E-state index in [0.29, 0.717) is 25.9 Å². The lowest BCUT2D eigenvalue weighted by atomic mass is 9.97. The molecule has 0 aromatic heterocycles. The van der Waals surface area contributed by atoms with Crippen molar-refractivity contribution in [2.45, 2.75) is 19.8 Å². The Hall–Kier alpha value is -0.670. The van der Waals surface area contributed by atoms with E-state index in [9.17, 15) is 13.2 Å². The zero-order valence-electron chi connectivity index (χ0n) is 11.9. The van der Waals surface area contributed by atoms with E-state index in [-0.39, 0.29) is 17.6 Å². The van der Waals surface area contributed by atoms with Crippen LogP contribution < -0.4 is 5.32 Å². The molecular formula is C14H19IN2O3S. The van der Waals surface area contributed by atoms with E-state index in [4.69, 9.17) is 0 Å². The maximum atomic E-state index is 12.2. The highest BCUT2D eigenvalue weighted by Crippen LogP contribution is 2.22. The lowest BCUT2D eigenvalue weighted by Crippen LogP contribution is -2.42. The van der Waals surface area contributed by atoms with Crippen LogP contribution in [0.2, 0.25) is 0 Å². The van der Waals surface area contributed by atoms with Crippen LogP contribution in [0.5, 0.6) is 0 Å². The van der Waals surface area contributed by atoms with Crippen molar-refractivity contribution in [3.05, 3.63) is 27.8 Å². The fourth-order valence-electron chi connectivity index (χ4n) is 2.39. The number of nitrogens with one attached hydrogen (secondary N) is 1. The van der Waals surface area contributed by atoms with Gasteiger partial charge in [0.05, 0.1) is 5.75 Å². The molecule has 0 radical (unpaired) electrons. The molecule has 0 atom stereocenters. The van der Waals surface area contributed by atoms with Gasteiger partial charge in [0, 0.05) is 28.3 Å². The second-order valence-corrected chi connectivity index (χ2v) is 8.58. The third-order valence-corrected chi connectivity index (χ3v) is 6.23. The second-order valence-electron chi connectivity index (χ2n) is 5.07. The van der Waals surface area contributed by atoms with E-state index in [1.165, 1.54) is 4.31 Å². The standard InChI is InChI=1S/C14H19IN2O3S/c1-2-21(19,20)17-8-6-11(7-9-17)14(18)16-13-5-3-4-12(15)10-13/h3-5,10-11H,2,6-9H2,1H3,(H,16,18). The lowest BCUT2D eigenvalue weighted by Gasteiger charge is -2.30. The van der Waals surface area contributed by atoms with Crippen LogP contribution in [0.25, 0.3) is 0 Å². The van der Waals surface area contributed by atoms with E-state index in [0.717, 1.165) is 9.26 Å². The third kappa shape index (κ3) is 4.40. The van der Waals surface area contributed by atoms with Gasteiger partial charge in [-0.25, -0.2) is 12.7 Å². The Bertz CT molecular complexity index is 610. The number of anilines is 1. The molecule has 1 saturated heterocycles. The highest BCUT2D eigenvalue weighted by molar-refractivity contribution is 14.1. The Labute approximate surface area is 139 Å². The maximum Gasteiger partial charge on any atom is 0.227 e. The Morgan fingerprint density at radius 1 is 1.38 bits per heavy atom. The van der Waals surface area contributed by atoms with E-state index < -0.39 is 10.0 Å². The van der Waals surface area contributed by atoms with Gasteiger partial charge in [0.1, 0.15) is 0 Å². The van der Waals surface area contributed by atoms with Crippen molar-refractivity contribution in [3.8, 4) is 0 Å². The third-order valence-electron chi connectivity index (χ3n) is 3.68. The number of carbonyl (C=O) groups is 1. The van der Waals surface area contributed by atoms with Crippen molar-refractivity contribution in [1.82, 2.24) is 4.31 Å². The largest absolute Gasteiger partial charge is 0.326 e. The number of halogens is 1. The number of hydrogen-bond donors (Lipinski definition) is 1. The van der Waals surface area contributed by atoms with E-state index in [2.05, 4.69) is 27.9 Å². The number of sulfonamides is 1. The van der Waals surface area contributed by atoms with Gasteiger partial charge in [-0.05, 0) is 60.6 Å². The zero-order chi connectivity index (χ0) is 15.5. The summed E-state index contributed by atoms with van der Waals surface area (Å²) in [5.74, 6) is -0.0245. The Morgan fingerprint density at radius 3 is 2.62 bits per heavy atom. The molecule has 1 aliphatic heterocycles. The number of hydrogen-bond acceptors (Lipinski definition) is 3. The van der Waals surface area contributed by atoms with Crippen LogP contribution in [0.15, 0.2) is 24.3 Å². The van der Waals surface area contributed by atoms with E-state index >= 15 is 0 Å². The molecule has 0 saturated carbocycles. The molecule has 5 nitrogen and oxygen atoms in total. The highest BCUT2D eigenvalue weighted by Gasteiger charge is 2.30. The first-order chi connectivity index (χ1) is 9.92. The molecule has 2 rings (SSSR count). The maximum absolute atomic E-state index is 12.2. The van der Waals surface area contributed by atoms with Crippen LogP contribution >= 0.6 is 22.6 Å². The summed E-state index contributed by atoms with van der Waals surface area (Å²) in [6, 6.07) is 7.63.